The monoisotopic (exact) mass is 359 g/mol. The van der Waals surface area contributed by atoms with Crippen LogP contribution in [0.5, 0.6) is 0 Å². The Morgan fingerprint density at radius 3 is 2.83 bits per heavy atom. The van der Waals surface area contributed by atoms with Gasteiger partial charge in [0.05, 0.1) is 5.75 Å². The number of amides is 1. The second kappa shape index (κ2) is 6.70. The van der Waals surface area contributed by atoms with E-state index in [-0.39, 0.29) is 11.8 Å². The zero-order valence-electron chi connectivity index (χ0n) is 12.5. The van der Waals surface area contributed by atoms with Gasteiger partial charge in [0.1, 0.15) is 0 Å². The molecular formula is C15H13N5O2S2. The van der Waals surface area contributed by atoms with Crippen molar-refractivity contribution in [1.82, 2.24) is 20.4 Å². The van der Waals surface area contributed by atoms with Crippen molar-refractivity contribution in [1.29, 1.82) is 0 Å². The van der Waals surface area contributed by atoms with Gasteiger partial charge >= 0.3 is 0 Å². The van der Waals surface area contributed by atoms with Crippen molar-refractivity contribution in [3.05, 3.63) is 36.2 Å². The van der Waals surface area contributed by atoms with Crippen LogP contribution in [-0.2, 0) is 10.5 Å². The maximum absolute atomic E-state index is 11.7. The van der Waals surface area contributed by atoms with Crippen molar-refractivity contribution < 1.29 is 9.21 Å². The van der Waals surface area contributed by atoms with E-state index in [1.807, 2.05) is 30.3 Å². The lowest BCUT2D eigenvalue weighted by Crippen LogP contribution is -2.12. The fourth-order valence-electron chi connectivity index (χ4n) is 2.00. The van der Waals surface area contributed by atoms with Crippen LogP contribution in [0, 0.1) is 5.92 Å². The fourth-order valence-corrected chi connectivity index (χ4v) is 3.60. The van der Waals surface area contributed by atoms with E-state index in [1.165, 1.54) is 23.1 Å². The molecule has 9 heteroatoms. The molecule has 0 spiro atoms. The van der Waals surface area contributed by atoms with Crippen molar-refractivity contribution in [2.45, 2.75) is 22.9 Å². The van der Waals surface area contributed by atoms with E-state index in [2.05, 4.69) is 25.7 Å². The first-order valence-corrected chi connectivity index (χ1v) is 9.23. The second-order valence-corrected chi connectivity index (χ2v) is 7.49. The van der Waals surface area contributed by atoms with Crippen LogP contribution in [0.3, 0.4) is 0 Å². The van der Waals surface area contributed by atoms with Crippen LogP contribution in [0.1, 0.15) is 18.7 Å². The van der Waals surface area contributed by atoms with E-state index in [9.17, 15) is 4.79 Å². The van der Waals surface area contributed by atoms with Gasteiger partial charge in [-0.05, 0) is 25.0 Å². The average Bonchev–Trinajstić information content (AvgIpc) is 3.20. The number of carbonyl (C=O) groups excluding carboxylic acids is 1. The second-order valence-electron chi connectivity index (χ2n) is 5.29. The van der Waals surface area contributed by atoms with Gasteiger partial charge in [-0.2, -0.15) is 0 Å². The number of nitrogens with zero attached hydrogens (tertiary/aromatic N) is 4. The molecule has 1 amide bonds. The summed E-state index contributed by atoms with van der Waals surface area (Å²) >= 11 is 2.80. The molecule has 1 saturated carbocycles. The largest absolute Gasteiger partial charge is 0.420 e. The Labute approximate surface area is 145 Å². The molecule has 2 aromatic heterocycles. The first-order chi connectivity index (χ1) is 11.8. The summed E-state index contributed by atoms with van der Waals surface area (Å²) in [4.78, 5) is 11.7. The van der Waals surface area contributed by atoms with Crippen molar-refractivity contribution >= 4 is 34.1 Å². The highest BCUT2D eigenvalue weighted by atomic mass is 32.2. The predicted molar refractivity (Wildman–Crippen MR) is 90.6 cm³/mol. The number of anilines is 1. The van der Waals surface area contributed by atoms with Crippen molar-refractivity contribution in [2.24, 2.45) is 5.92 Å². The van der Waals surface area contributed by atoms with Crippen LogP contribution in [0.2, 0.25) is 0 Å². The van der Waals surface area contributed by atoms with E-state index in [0.29, 0.717) is 22.7 Å². The lowest BCUT2D eigenvalue weighted by atomic mass is 10.2. The molecule has 2 heterocycles. The molecule has 1 aliphatic rings. The smallest absolute Gasteiger partial charge is 0.247 e. The Morgan fingerprint density at radius 1 is 1.21 bits per heavy atom. The summed E-state index contributed by atoms with van der Waals surface area (Å²) in [5.74, 6) is 1.72. The number of thioether (sulfide) groups is 1. The third-order valence-electron chi connectivity index (χ3n) is 3.39. The molecule has 1 fully saturated rings. The Kier molecular flexibility index (Phi) is 4.26. The minimum absolute atomic E-state index is 0.0344. The van der Waals surface area contributed by atoms with Gasteiger partial charge in [0, 0.05) is 11.5 Å². The minimum Gasteiger partial charge on any atom is -0.420 e. The van der Waals surface area contributed by atoms with Gasteiger partial charge in [-0.1, -0.05) is 41.3 Å². The molecule has 0 unspecified atom stereocenters. The molecule has 0 saturated heterocycles. The summed E-state index contributed by atoms with van der Waals surface area (Å²) in [6.45, 7) is 0. The van der Waals surface area contributed by atoms with Crippen molar-refractivity contribution in [3.63, 3.8) is 0 Å². The highest BCUT2D eigenvalue weighted by Gasteiger charge is 2.30. The quantitative estimate of drug-likeness (QED) is 0.533. The van der Waals surface area contributed by atoms with E-state index >= 15 is 0 Å². The molecule has 4 rings (SSSR count). The van der Waals surface area contributed by atoms with Crippen molar-refractivity contribution in [2.75, 3.05) is 5.32 Å². The number of hydrogen-bond acceptors (Lipinski definition) is 8. The van der Waals surface area contributed by atoms with Crippen LogP contribution < -0.4 is 5.32 Å². The van der Waals surface area contributed by atoms with Gasteiger partial charge in [-0.15, -0.1) is 20.4 Å². The van der Waals surface area contributed by atoms with E-state index in [1.54, 1.807) is 0 Å². The summed E-state index contributed by atoms with van der Waals surface area (Å²) in [5, 5.41) is 19.5. The summed E-state index contributed by atoms with van der Waals surface area (Å²) in [6, 6.07) is 9.62. The maximum atomic E-state index is 11.7. The molecule has 3 aromatic rings. The van der Waals surface area contributed by atoms with Crippen LogP contribution in [-0.4, -0.2) is 26.3 Å². The number of nitrogens with one attached hydrogen (secondary N) is 1. The fraction of sp³-hybridized carbons (Fsp3) is 0.267. The highest BCUT2D eigenvalue weighted by molar-refractivity contribution is 8.00. The van der Waals surface area contributed by atoms with Crippen LogP contribution >= 0.6 is 23.1 Å². The minimum atomic E-state index is 0.0344. The molecule has 1 aromatic carbocycles. The predicted octanol–water partition coefficient (Wildman–Crippen LogP) is 3.23. The average molecular weight is 359 g/mol. The summed E-state index contributed by atoms with van der Waals surface area (Å²) in [7, 11) is 0. The maximum Gasteiger partial charge on any atom is 0.247 e. The molecule has 0 atom stereocenters. The van der Waals surface area contributed by atoms with Gasteiger partial charge in [0.25, 0.3) is 0 Å². The number of carbonyl (C=O) groups is 1. The third-order valence-corrected chi connectivity index (χ3v) is 5.35. The standard InChI is InChI=1S/C15H13N5O2S2/c21-12(9-6-7-9)16-14-19-20-15(24-14)23-8-11-17-18-13(22-11)10-4-2-1-3-5-10/h1-5,9H,6-8H2,(H,16,19,21). The Bertz CT molecular complexity index is 844. The molecular weight excluding hydrogens is 346 g/mol. The van der Waals surface area contributed by atoms with E-state index in [4.69, 9.17) is 4.42 Å². The van der Waals surface area contributed by atoms with Gasteiger partial charge in [0.15, 0.2) is 4.34 Å². The molecule has 0 aliphatic heterocycles. The molecule has 0 radical (unpaired) electrons. The van der Waals surface area contributed by atoms with Gasteiger partial charge in [-0.25, -0.2) is 0 Å². The number of hydrogen-bond donors (Lipinski definition) is 1. The Balaban J connectivity index is 1.34. The molecule has 1 N–H and O–H groups in total. The third kappa shape index (κ3) is 3.62. The molecule has 24 heavy (non-hydrogen) atoms. The van der Waals surface area contributed by atoms with Gasteiger partial charge in [0.2, 0.25) is 22.8 Å². The zero-order valence-corrected chi connectivity index (χ0v) is 14.1. The molecule has 0 bridgehead atoms. The Hall–Kier alpha value is -2.26. The normalized spacial score (nSPS) is 13.8. The SMILES string of the molecule is O=C(Nc1nnc(SCc2nnc(-c3ccccc3)o2)s1)C1CC1. The zero-order chi connectivity index (χ0) is 16.4. The van der Waals surface area contributed by atoms with Gasteiger partial charge in [-0.3, -0.25) is 4.79 Å². The van der Waals surface area contributed by atoms with Gasteiger partial charge < -0.3 is 9.73 Å². The first-order valence-electron chi connectivity index (χ1n) is 7.43. The topological polar surface area (TPSA) is 93.8 Å². The molecule has 7 nitrogen and oxygen atoms in total. The van der Waals surface area contributed by atoms with Crippen molar-refractivity contribution in [3.8, 4) is 11.5 Å². The Morgan fingerprint density at radius 2 is 2.04 bits per heavy atom. The summed E-state index contributed by atoms with van der Waals surface area (Å²) in [5.41, 5.74) is 0.891. The number of aromatic nitrogens is 4. The highest BCUT2D eigenvalue weighted by Crippen LogP contribution is 2.32. The lowest BCUT2D eigenvalue weighted by molar-refractivity contribution is -0.117. The molecule has 122 valence electrons. The first kappa shape index (κ1) is 15.3. The lowest BCUT2D eigenvalue weighted by Gasteiger charge is -1.96. The number of rotatable bonds is 6. The summed E-state index contributed by atoms with van der Waals surface area (Å²) in [6.07, 6.45) is 1.93. The van der Waals surface area contributed by atoms with Crippen LogP contribution in [0.4, 0.5) is 5.13 Å². The summed E-state index contributed by atoms with van der Waals surface area (Å²) < 4.78 is 6.40. The van der Waals surface area contributed by atoms with Crippen LogP contribution in [0.15, 0.2) is 39.1 Å². The number of benzene rings is 1. The van der Waals surface area contributed by atoms with Crippen LogP contribution in [0.25, 0.3) is 11.5 Å². The van der Waals surface area contributed by atoms with E-state index < -0.39 is 0 Å². The molecule has 1 aliphatic carbocycles. The van der Waals surface area contributed by atoms with E-state index in [0.717, 1.165) is 22.7 Å².